The van der Waals surface area contributed by atoms with Gasteiger partial charge in [-0.1, -0.05) is 0 Å². The second-order valence-electron chi connectivity index (χ2n) is 9.05. The highest BCUT2D eigenvalue weighted by Crippen LogP contribution is 2.30. The van der Waals surface area contributed by atoms with Crippen molar-refractivity contribution in [2.75, 3.05) is 13.1 Å². The summed E-state index contributed by atoms with van der Waals surface area (Å²) in [5.74, 6) is -0.959. The molecular formula is C22H29N3O7. The molecule has 0 radical (unpaired) electrons. The van der Waals surface area contributed by atoms with Gasteiger partial charge in [0.15, 0.2) is 0 Å². The third-order valence-corrected chi connectivity index (χ3v) is 5.37. The van der Waals surface area contributed by atoms with Crippen LogP contribution in [0.5, 0.6) is 5.75 Å². The van der Waals surface area contributed by atoms with Gasteiger partial charge in [-0.15, -0.1) is 0 Å². The fourth-order valence-electron chi connectivity index (χ4n) is 3.93. The minimum atomic E-state index is -0.977. The van der Waals surface area contributed by atoms with Crippen LogP contribution in [0.1, 0.15) is 56.0 Å². The Bertz CT molecular complexity index is 925. The molecule has 2 aliphatic heterocycles. The zero-order valence-corrected chi connectivity index (χ0v) is 18.5. The topological polar surface area (TPSA) is 139 Å². The van der Waals surface area contributed by atoms with Gasteiger partial charge in [-0.05, 0) is 51.0 Å². The second-order valence-corrected chi connectivity index (χ2v) is 9.05. The van der Waals surface area contributed by atoms with Gasteiger partial charge in [0.25, 0.3) is 5.91 Å². The van der Waals surface area contributed by atoms with Crippen LogP contribution in [0.25, 0.3) is 0 Å². The first-order valence-corrected chi connectivity index (χ1v) is 10.5. The van der Waals surface area contributed by atoms with Crippen molar-refractivity contribution >= 4 is 23.9 Å². The molecule has 1 saturated heterocycles. The highest BCUT2D eigenvalue weighted by Gasteiger charge is 2.36. The molecule has 0 aromatic heterocycles. The maximum atomic E-state index is 12.9. The number of hydrogen-bond acceptors (Lipinski definition) is 6. The van der Waals surface area contributed by atoms with Crippen molar-refractivity contribution in [2.24, 2.45) is 5.73 Å². The van der Waals surface area contributed by atoms with Gasteiger partial charge < -0.3 is 30.1 Å². The summed E-state index contributed by atoms with van der Waals surface area (Å²) in [5, 5.41) is 9.07. The molecule has 2 aliphatic rings. The van der Waals surface area contributed by atoms with Gasteiger partial charge in [0.2, 0.25) is 5.91 Å². The zero-order chi connectivity index (χ0) is 23.6. The summed E-state index contributed by atoms with van der Waals surface area (Å²) < 4.78 is 11.2. The van der Waals surface area contributed by atoms with Gasteiger partial charge in [0.1, 0.15) is 23.5 Å². The summed E-state index contributed by atoms with van der Waals surface area (Å²) in [6.07, 6.45) is -0.621. The van der Waals surface area contributed by atoms with Crippen molar-refractivity contribution in [2.45, 2.75) is 64.3 Å². The van der Waals surface area contributed by atoms with Crippen LogP contribution < -0.4 is 10.5 Å². The molecule has 174 valence electrons. The van der Waals surface area contributed by atoms with Crippen molar-refractivity contribution in [1.29, 1.82) is 0 Å². The Morgan fingerprint density at radius 1 is 1.28 bits per heavy atom. The molecule has 3 N–H and O–H groups in total. The summed E-state index contributed by atoms with van der Waals surface area (Å²) >= 11 is 0. The van der Waals surface area contributed by atoms with E-state index in [1.165, 1.54) is 9.80 Å². The Hall–Kier alpha value is -3.30. The molecule has 1 fully saturated rings. The number of likely N-dealkylation sites (tertiary alicyclic amines) is 1. The molecule has 1 unspecified atom stereocenters. The number of fused-ring (bicyclic) bond motifs is 1. The van der Waals surface area contributed by atoms with E-state index in [4.69, 9.17) is 20.3 Å². The van der Waals surface area contributed by atoms with Crippen molar-refractivity contribution in [3.05, 3.63) is 29.3 Å². The minimum absolute atomic E-state index is 0.0406. The molecule has 2 heterocycles. The predicted octanol–water partition coefficient (Wildman–Crippen LogP) is 1.75. The summed E-state index contributed by atoms with van der Waals surface area (Å²) in [5.41, 5.74) is 6.03. The van der Waals surface area contributed by atoms with E-state index in [2.05, 4.69) is 0 Å². The first-order valence-electron chi connectivity index (χ1n) is 10.5. The van der Waals surface area contributed by atoms with E-state index in [1.807, 2.05) is 0 Å². The summed E-state index contributed by atoms with van der Waals surface area (Å²) in [7, 11) is 0. The molecule has 10 heteroatoms. The number of ether oxygens (including phenoxy) is 2. The fourth-order valence-corrected chi connectivity index (χ4v) is 3.93. The first-order chi connectivity index (χ1) is 14.9. The lowest BCUT2D eigenvalue weighted by Gasteiger charge is -2.25. The summed E-state index contributed by atoms with van der Waals surface area (Å²) in [6, 6.07) is 4.07. The Balaban J connectivity index is 1.65. The monoisotopic (exact) mass is 447 g/mol. The third-order valence-electron chi connectivity index (χ3n) is 5.37. The lowest BCUT2D eigenvalue weighted by molar-refractivity contribution is -0.155. The molecule has 0 bridgehead atoms. The maximum absolute atomic E-state index is 12.9. The number of rotatable bonds is 7. The van der Waals surface area contributed by atoms with Crippen LogP contribution >= 0.6 is 0 Å². The van der Waals surface area contributed by atoms with Crippen LogP contribution in [0.15, 0.2) is 18.2 Å². The number of nitrogens with zero attached hydrogens (tertiary/aromatic N) is 2. The maximum Gasteiger partial charge on any atom is 0.407 e. The highest BCUT2D eigenvalue weighted by atomic mass is 16.6. The number of primary amides is 1. The number of nitrogens with two attached hydrogens (primary N) is 1. The summed E-state index contributed by atoms with van der Waals surface area (Å²) in [6.45, 7) is 6.12. The summed E-state index contributed by atoms with van der Waals surface area (Å²) in [4.78, 5) is 50.7. The van der Waals surface area contributed by atoms with Crippen LogP contribution in [-0.2, 0) is 20.9 Å². The third kappa shape index (κ3) is 5.49. The van der Waals surface area contributed by atoms with Crippen molar-refractivity contribution < 1.29 is 33.8 Å². The predicted molar refractivity (Wildman–Crippen MR) is 113 cm³/mol. The largest absolute Gasteiger partial charge is 0.489 e. The smallest absolute Gasteiger partial charge is 0.407 e. The van der Waals surface area contributed by atoms with Crippen LogP contribution in [-0.4, -0.2) is 69.6 Å². The van der Waals surface area contributed by atoms with Crippen LogP contribution in [0, 0.1) is 0 Å². The first kappa shape index (κ1) is 23.4. The molecule has 0 aliphatic carbocycles. The van der Waals surface area contributed by atoms with E-state index in [9.17, 15) is 19.2 Å². The van der Waals surface area contributed by atoms with E-state index in [0.717, 1.165) is 0 Å². The lowest BCUT2D eigenvalue weighted by atomic mass is 10.1. The van der Waals surface area contributed by atoms with E-state index in [-0.39, 0.29) is 37.9 Å². The molecule has 0 saturated carbocycles. The average molecular weight is 447 g/mol. The average Bonchev–Trinajstić information content (AvgIpc) is 3.25. The molecule has 1 aromatic carbocycles. The Morgan fingerprint density at radius 3 is 2.59 bits per heavy atom. The fraction of sp³-hybridized carbons (Fsp3) is 0.545. The minimum Gasteiger partial charge on any atom is -0.489 e. The van der Waals surface area contributed by atoms with Crippen LogP contribution in [0.3, 0.4) is 0 Å². The van der Waals surface area contributed by atoms with E-state index >= 15 is 0 Å². The molecule has 32 heavy (non-hydrogen) atoms. The van der Waals surface area contributed by atoms with Crippen molar-refractivity contribution in [3.8, 4) is 5.75 Å². The molecule has 3 amide bonds. The molecule has 0 spiro atoms. The number of amides is 3. The molecule has 10 nitrogen and oxygen atoms in total. The van der Waals surface area contributed by atoms with Crippen LogP contribution in [0.4, 0.5) is 4.79 Å². The number of benzene rings is 1. The molecule has 1 aromatic rings. The van der Waals surface area contributed by atoms with E-state index in [0.29, 0.717) is 29.8 Å². The Morgan fingerprint density at radius 2 is 2.00 bits per heavy atom. The van der Waals surface area contributed by atoms with Crippen molar-refractivity contribution in [1.82, 2.24) is 9.80 Å². The number of esters is 1. The number of carbonyl (C=O) groups excluding carboxylic acids is 3. The van der Waals surface area contributed by atoms with Gasteiger partial charge in [-0.25, -0.2) is 4.79 Å². The molecular weight excluding hydrogens is 418 g/mol. The lowest BCUT2D eigenvalue weighted by Crippen LogP contribution is -2.45. The zero-order valence-electron chi connectivity index (χ0n) is 18.5. The van der Waals surface area contributed by atoms with E-state index in [1.54, 1.807) is 39.0 Å². The standard InChI is InChI=1S/C22H29N3O7/c1-22(2,3)32-18(26)7-6-17(19(23)27)25-11-13-10-14(4-5-16(13)20(25)28)31-15-8-9-24(12-15)21(29)30/h4-5,10,15,17H,6-9,11-12H2,1-3H3,(H2,23,27)(H,29,30)/t15-,17?/m0/s1. The highest BCUT2D eigenvalue weighted by molar-refractivity contribution is 6.01. The van der Waals surface area contributed by atoms with E-state index < -0.39 is 29.6 Å². The molecule has 2 atom stereocenters. The van der Waals surface area contributed by atoms with Gasteiger partial charge in [0, 0.05) is 31.5 Å². The number of hydrogen-bond donors (Lipinski definition) is 2. The SMILES string of the molecule is CC(C)(C)OC(=O)CCC(C(N)=O)N1Cc2cc(O[C@H]3CCN(C(=O)O)C3)ccc2C1=O. The number of carbonyl (C=O) groups is 4. The quantitative estimate of drug-likeness (QED) is 0.607. The number of carboxylic acid groups (broad SMARTS) is 1. The van der Waals surface area contributed by atoms with Crippen molar-refractivity contribution in [3.63, 3.8) is 0 Å². The second kappa shape index (κ2) is 9.05. The van der Waals surface area contributed by atoms with Gasteiger partial charge in [-0.2, -0.15) is 0 Å². The molecule has 3 rings (SSSR count). The van der Waals surface area contributed by atoms with Gasteiger partial charge >= 0.3 is 12.1 Å². The van der Waals surface area contributed by atoms with Crippen LogP contribution in [0.2, 0.25) is 0 Å². The van der Waals surface area contributed by atoms with Gasteiger partial charge in [0.05, 0.1) is 6.54 Å². The Kier molecular flexibility index (Phi) is 6.61. The van der Waals surface area contributed by atoms with Gasteiger partial charge in [-0.3, -0.25) is 14.4 Å². The normalized spacial score (nSPS) is 19.0. The Labute approximate surface area is 186 Å².